The van der Waals surface area contributed by atoms with Gasteiger partial charge in [0.25, 0.3) is 0 Å². The Morgan fingerprint density at radius 3 is 2.41 bits per heavy atom. The summed E-state index contributed by atoms with van der Waals surface area (Å²) in [5, 5.41) is 2.23. The number of hydrogen-bond acceptors (Lipinski definition) is 3. The van der Waals surface area contributed by atoms with E-state index in [0.717, 1.165) is 37.3 Å². The van der Waals surface area contributed by atoms with Crippen LogP contribution in [0.2, 0.25) is 0 Å². The number of nitrogens with zero attached hydrogens (tertiary/aromatic N) is 1. The van der Waals surface area contributed by atoms with E-state index in [1.165, 1.54) is 12.0 Å². The Kier molecular flexibility index (Phi) is 6.82. The minimum absolute atomic E-state index is 0.547. The van der Waals surface area contributed by atoms with E-state index < -0.39 is 10.8 Å². The summed E-state index contributed by atoms with van der Waals surface area (Å²) in [6.45, 7) is 7.43. The summed E-state index contributed by atoms with van der Waals surface area (Å²) in [5.41, 5.74) is 4.85. The highest BCUT2D eigenvalue weighted by Gasteiger charge is 2.24. The zero-order valence-electron chi connectivity index (χ0n) is 11.4. The molecule has 0 bridgehead atoms. The van der Waals surface area contributed by atoms with Crippen molar-refractivity contribution in [1.29, 1.82) is 0 Å². The van der Waals surface area contributed by atoms with Crippen LogP contribution in [-0.4, -0.2) is 33.3 Å². The van der Waals surface area contributed by atoms with Gasteiger partial charge in [0.2, 0.25) is 0 Å². The first-order valence-electron chi connectivity index (χ1n) is 6.77. The summed E-state index contributed by atoms with van der Waals surface area (Å²) in [6.07, 6.45) is 6.74. The van der Waals surface area contributed by atoms with Crippen LogP contribution >= 0.6 is 0 Å². The van der Waals surface area contributed by atoms with Gasteiger partial charge in [-0.3, -0.25) is 4.21 Å². The van der Waals surface area contributed by atoms with E-state index in [0.29, 0.717) is 6.04 Å². The molecule has 3 nitrogen and oxygen atoms in total. The molecule has 2 heterocycles. The first-order chi connectivity index (χ1) is 8.21. The minimum Gasteiger partial charge on any atom is -0.312 e. The van der Waals surface area contributed by atoms with Crippen molar-refractivity contribution in [3.05, 3.63) is 11.8 Å². The third-order valence-electron chi connectivity index (χ3n) is 3.02. The van der Waals surface area contributed by atoms with Crippen molar-refractivity contribution in [3.63, 3.8) is 0 Å². The topological polar surface area (TPSA) is 32.3 Å². The van der Waals surface area contributed by atoms with Gasteiger partial charge in [-0.1, -0.05) is 27.2 Å². The summed E-state index contributed by atoms with van der Waals surface area (Å²) >= 11 is 0. The SMILES string of the molecule is CCC.CCC1=CN(C2CCS(=O)CC2)NC1. The van der Waals surface area contributed by atoms with Crippen molar-refractivity contribution in [3.8, 4) is 0 Å². The first-order valence-corrected chi connectivity index (χ1v) is 8.26. The average molecular weight is 258 g/mol. The van der Waals surface area contributed by atoms with Crippen molar-refractivity contribution < 1.29 is 4.21 Å². The first kappa shape index (κ1) is 14.7. The Hall–Kier alpha value is -0.350. The molecule has 1 saturated heterocycles. The molecular formula is C13H26N2OS. The zero-order chi connectivity index (χ0) is 12.7. The second kappa shape index (κ2) is 7.88. The van der Waals surface area contributed by atoms with Gasteiger partial charge >= 0.3 is 0 Å². The number of nitrogens with one attached hydrogen (secondary N) is 1. The maximum absolute atomic E-state index is 11.2. The van der Waals surface area contributed by atoms with E-state index in [4.69, 9.17) is 0 Å². The average Bonchev–Trinajstić information content (AvgIpc) is 2.80. The molecule has 4 heteroatoms. The Bertz CT molecular complexity index is 269. The molecular weight excluding hydrogens is 232 g/mol. The molecule has 0 aromatic rings. The summed E-state index contributed by atoms with van der Waals surface area (Å²) in [4.78, 5) is 0. The molecule has 0 spiro atoms. The number of rotatable bonds is 2. The van der Waals surface area contributed by atoms with E-state index in [1.807, 2.05) is 0 Å². The molecule has 2 rings (SSSR count). The van der Waals surface area contributed by atoms with Gasteiger partial charge in [0.15, 0.2) is 0 Å². The van der Waals surface area contributed by atoms with Gasteiger partial charge in [-0.05, 0) is 24.8 Å². The maximum Gasteiger partial charge on any atom is 0.0465 e. The predicted molar refractivity (Wildman–Crippen MR) is 75.1 cm³/mol. The fraction of sp³-hybridized carbons (Fsp3) is 0.846. The van der Waals surface area contributed by atoms with Gasteiger partial charge in [-0.2, -0.15) is 0 Å². The van der Waals surface area contributed by atoms with Crippen molar-refractivity contribution in [2.45, 2.75) is 52.5 Å². The second-order valence-corrected chi connectivity index (χ2v) is 6.37. The number of hydrogen-bond donors (Lipinski definition) is 1. The van der Waals surface area contributed by atoms with Gasteiger partial charge in [0.1, 0.15) is 0 Å². The Balaban J connectivity index is 0.000000437. The molecule has 0 radical (unpaired) electrons. The third-order valence-corrected chi connectivity index (χ3v) is 4.40. The van der Waals surface area contributed by atoms with E-state index in [1.54, 1.807) is 0 Å². The van der Waals surface area contributed by atoms with Crippen LogP contribution in [0.1, 0.15) is 46.5 Å². The van der Waals surface area contributed by atoms with Crippen LogP contribution in [0.4, 0.5) is 0 Å². The summed E-state index contributed by atoms with van der Waals surface area (Å²) < 4.78 is 11.2. The molecule has 0 unspecified atom stereocenters. The Morgan fingerprint density at radius 1 is 1.35 bits per heavy atom. The van der Waals surface area contributed by atoms with Crippen molar-refractivity contribution in [2.24, 2.45) is 0 Å². The molecule has 0 saturated carbocycles. The van der Waals surface area contributed by atoms with Crippen molar-refractivity contribution in [2.75, 3.05) is 18.1 Å². The van der Waals surface area contributed by atoms with Crippen LogP contribution in [0.25, 0.3) is 0 Å². The predicted octanol–water partition coefficient (Wildman–Crippen LogP) is 2.43. The van der Waals surface area contributed by atoms with Crippen LogP contribution in [0.15, 0.2) is 11.8 Å². The monoisotopic (exact) mass is 258 g/mol. The standard InChI is InChI=1S/C10H18N2OS.C3H8/c1-2-9-7-11-12(8-9)10-3-5-14(13)6-4-10;1-3-2/h8,10-11H,2-7H2,1H3;3H2,1-2H3. The second-order valence-electron chi connectivity index (χ2n) is 4.67. The fourth-order valence-corrected chi connectivity index (χ4v) is 3.27. The maximum atomic E-state index is 11.2. The van der Waals surface area contributed by atoms with Gasteiger partial charge in [0.05, 0.1) is 0 Å². The largest absolute Gasteiger partial charge is 0.312 e. The molecule has 0 aromatic heterocycles. The zero-order valence-corrected chi connectivity index (χ0v) is 12.2. The van der Waals surface area contributed by atoms with Crippen LogP contribution < -0.4 is 5.43 Å². The summed E-state index contributed by atoms with van der Waals surface area (Å²) in [6, 6.07) is 0.566. The van der Waals surface area contributed by atoms with Crippen LogP contribution in [0, 0.1) is 0 Å². The highest BCUT2D eigenvalue weighted by atomic mass is 32.2. The van der Waals surface area contributed by atoms with Gasteiger partial charge in [-0.15, -0.1) is 0 Å². The highest BCUT2D eigenvalue weighted by Crippen LogP contribution is 2.19. The summed E-state index contributed by atoms with van der Waals surface area (Å²) in [5.74, 6) is 1.75. The molecule has 0 amide bonds. The highest BCUT2D eigenvalue weighted by molar-refractivity contribution is 7.85. The smallest absolute Gasteiger partial charge is 0.0465 e. The molecule has 100 valence electrons. The molecule has 1 N–H and O–H groups in total. The molecule has 17 heavy (non-hydrogen) atoms. The van der Waals surface area contributed by atoms with Crippen molar-refractivity contribution >= 4 is 10.8 Å². The van der Waals surface area contributed by atoms with Crippen LogP contribution in [0.3, 0.4) is 0 Å². The lowest BCUT2D eigenvalue weighted by Crippen LogP contribution is -2.42. The van der Waals surface area contributed by atoms with Crippen LogP contribution in [-0.2, 0) is 10.8 Å². The minimum atomic E-state index is -0.547. The fourth-order valence-electron chi connectivity index (χ4n) is 1.99. The molecule has 0 atom stereocenters. The van der Waals surface area contributed by atoms with E-state index in [2.05, 4.69) is 37.4 Å². The molecule has 2 aliphatic heterocycles. The Labute approximate surface area is 108 Å². The van der Waals surface area contributed by atoms with Gasteiger partial charge in [-0.25, -0.2) is 5.43 Å². The van der Waals surface area contributed by atoms with E-state index in [-0.39, 0.29) is 0 Å². The van der Waals surface area contributed by atoms with Crippen LogP contribution in [0.5, 0.6) is 0 Å². The molecule has 1 fully saturated rings. The lowest BCUT2D eigenvalue weighted by molar-refractivity contribution is 0.208. The molecule has 0 aromatic carbocycles. The molecule has 0 aliphatic carbocycles. The quantitative estimate of drug-likeness (QED) is 0.825. The molecule has 2 aliphatic rings. The summed E-state index contributed by atoms with van der Waals surface area (Å²) in [7, 11) is -0.547. The van der Waals surface area contributed by atoms with E-state index >= 15 is 0 Å². The normalized spacial score (nSPS) is 28.4. The lowest BCUT2D eigenvalue weighted by Gasteiger charge is -2.30. The Morgan fingerprint density at radius 2 is 1.94 bits per heavy atom. The van der Waals surface area contributed by atoms with Crippen molar-refractivity contribution in [1.82, 2.24) is 10.4 Å². The third kappa shape index (κ3) is 4.80. The lowest BCUT2D eigenvalue weighted by atomic mass is 10.1. The van der Waals surface area contributed by atoms with Gasteiger partial charge in [0, 0.05) is 41.1 Å². The van der Waals surface area contributed by atoms with Gasteiger partial charge < -0.3 is 5.01 Å². The van der Waals surface area contributed by atoms with E-state index in [9.17, 15) is 4.21 Å². The number of hydrazine groups is 1.